The maximum atomic E-state index is 13.0. The summed E-state index contributed by atoms with van der Waals surface area (Å²) in [6.07, 6.45) is 4.40. The summed E-state index contributed by atoms with van der Waals surface area (Å²) >= 11 is 0. The predicted octanol–water partition coefficient (Wildman–Crippen LogP) is 3.03. The number of anilines is 1. The van der Waals surface area contributed by atoms with Gasteiger partial charge < -0.3 is 10.2 Å². The van der Waals surface area contributed by atoms with Gasteiger partial charge in [-0.1, -0.05) is 13.0 Å². The van der Waals surface area contributed by atoms with Crippen LogP contribution in [0.15, 0.2) is 24.3 Å². The molecule has 1 heterocycles. The molecule has 3 nitrogen and oxygen atoms in total. The molecule has 1 aliphatic heterocycles. The lowest BCUT2D eigenvalue weighted by atomic mass is 10.00. The second-order valence-corrected chi connectivity index (χ2v) is 5.01. The third-order valence-corrected chi connectivity index (χ3v) is 3.69. The number of likely N-dealkylation sites (tertiary alicyclic amines) is 1. The molecule has 1 N–H and O–H groups in total. The first kappa shape index (κ1) is 13.8. The van der Waals surface area contributed by atoms with Crippen molar-refractivity contribution in [2.45, 2.75) is 38.6 Å². The molecule has 1 fully saturated rings. The lowest BCUT2D eigenvalue weighted by Crippen LogP contribution is -2.45. The summed E-state index contributed by atoms with van der Waals surface area (Å²) in [7, 11) is 0. The average Bonchev–Trinajstić information content (AvgIpc) is 2.45. The van der Waals surface area contributed by atoms with E-state index in [1.165, 1.54) is 18.6 Å². The van der Waals surface area contributed by atoms with Gasteiger partial charge >= 0.3 is 0 Å². The molecule has 0 radical (unpaired) electrons. The van der Waals surface area contributed by atoms with E-state index in [2.05, 4.69) is 12.2 Å². The number of benzene rings is 1. The van der Waals surface area contributed by atoms with Crippen LogP contribution in [0.2, 0.25) is 0 Å². The molecule has 0 aliphatic carbocycles. The van der Waals surface area contributed by atoms with Crippen LogP contribution in [0.3, 0.4) is 0 Å². The summed E-state index contributed by atoms with van der Waals surface area (Å²) in [5, 5.41) is 3.00. The van der Waals surface area contributed by atoms with Crippen LogP contribution in [0.5, 0.6) is 0 Å². The van der Waals surface area contributed by atoms with E-state index >= 15 is 0 Å². The van der Waals surface area contributed by atoms with Gasteiger partial charge in [0, 0.05) is 18.3 Å². The molecule has 0 spiro atoms. The normalized spacial score (nSPS) is 19.3. The van der Waals surface area contributed by atoms with Crippen molar-refractivity contribution in [3.8, 4) is 0 Å². The highest BCUT2D eigenvalue weighted by molar-refractivity contribution is 5.81. The van der Waals surface area contributed by atoms with Crippen molar-refractivity contribution in [2.75, 3.05) is 18.4 Å². The van der Waals surface area contributed by atoms with Gasteiger partial charge in [-0.15, -0.1) is 0 Å². The first-order chi connectivity index (χ1) is 9.20. The number of rotatable bonds is 4. The number of amides is 1. The quantitative estimate of drug-likeness (QED) is 0.906. The van der Waals surface area contributed by atoms with E-state index in [1.807, 2.05) is 4.90 Å². The fraction of sp³-hybridized carbons (Fsp3) is 0.533. The monoisotopic (exact) mass is 264 g/mol. The highest BCUT2D eigenvalue weighted by atomic mass is 19.1. The molecule has 1 saturated heterocycles. The zero-order chi connectivity index (χ0) is 13.7. The van der Waals surface area contributed by atoms with E-state index in [0.29, 0.717) is 11.7 Å². The molecule has 1 amide bonds. The third kappa shape index (κ3) is 3.69. The third-order valence-electron chi connectivity index (χ3n) is 3.69. The van der Waals surface area contributed by atoms with Gasteiger partial charge in [-0.2, -0.15) is 0 Å². The van der Waals surface area contributed by atoms with E-state index in [0.717, 1.165) is 25.8 Å². The zero-order valence-corrected chi connectivity index (χ0v) is 11.4. The Morgan fingerprint density at radius 3 is 3.05 bits per heavy atom. The molecular formula is C15H21FN2O. The Hall–Kier alpha value is -1.58. The molecule has 104 valence electrons. The standard InChI is InChI=1S/C15H21FN2O/c1-2-14-8-3-4-9-18(14)15(19)11-17-13-7-5-6-12(16)10-13/h5-7,10,14,17H,2-4,8-9,11H2,1H3. The minimum absolute atomic E-state index is 0.107. The minimum Gasteiger partial charge on any atom is -0.376 e. The van der Waals surface area contributed by atoms with Crippen molar-refractivity contribution in [3.05, 3.63) is 30.1 Å². The molecule has 1 unspecified atom stereocenters. The molecule has 1 aromatic rings. The van der Waals surface area contributed by atoms with Gasteiger partial charge in [0.25, 0.3) is 0 Å². The summed E-state index contributed by atoms with van der Waals surface area (Å²) in [4.78, 5) is 14.2. The largest absolute Gasteiger partial charge is 0.376 e. The van der Waals surface area contributed by atoms with Crippen LogP contribution in [0.4, 0.5) is 10.1 Å². The van der Waals surface area contributed by atoms with Gasteiger partial charge in [0.2, 0.25) is 5.91 Å². The molecule has 19 heavy (non-hydrogen) atoms. The number of piperidine rings is 1. The maximum Gasteiger partial charge on any atom is 0.242 e. The molecule has 0 bridgehead atoms. The van der Waals surface area contributed by atoms with E-state index in [9.17, 15) is 9.18 Å². The summed E-state index contributed by atoms with van der Waals surface area (Å²) in [6, 6.07) is 6.57. The number of carbonyl (C=O) groups is 1. The number of halogens is 1. The topological polar surface area (TPSA) is 32.3 Å². The first-order valence-electron chi connectivity index (χ1n) is 6.99. The molecule has 1 atom stereocenters. The van der Waals surface area contributed by atoms with Crippen molar-refractivity contribution >= 4 is 11.6 Å². The van der Waals surface area contributed by atoms with Gasteiger partial charge in [0.05, 0.1) is 6.54 Å². The van der Waals surface area contributed by atoms with Gasteiger partial charge in [0.1, 0.15) is 5.82 Å². The molecule has 1 aromatic carbocycles. The second kappa shape index (κ2) is 6.55. The SMILES string of the molecule is CCC1CCCCN1C(=O)CNc1cccc(F)c1. The fourth-order valence-corrected chi connectivity index (χ4v) is 2.63. The lowest BCUT2D eigenvalue weighted by molar-refractivity contribution is -0.133. The summed E-state index contributed by atoms with van der Waals surface area (Å²) in [6.45, 7) is 3.21. The van der Waals surface area contributed by atoms with Gasteiger partial charge in [0.15, 0.2) is 0 Å². The molecule has 2 rings (SSSR count). The van der Waals surface area contributed by atoms with Crippen LogP contribution in [0.1, 0.15) is 32.6 Å². The highest BCUT2D eigenvalue weighted by Gasteiger charge is 2.24. The number of nitrogens with zero attached hydrogens (tertiary/aromatic N) is 1. The molecule has 1 aliphatic rings. The Bertz CT molecular complexity index is 436. The lowest BCUT2D eigenvalue weighted by Gasteiger charge is -2.35. The molecular weight excluding hydrogens is 243 g/mol. The summed E-state index contributed by atoms with van der Waals surface area (Å²) in [5.74, 6) is -0.183. The number of hydrogen-bond donors (Lipinski definition) is 1. The van der Waals surface area contributed by atoms with Crippen molar-refractivity contribution in [1.29, 1.82) is 0 Å². The summed E-state index contributed by atoms with van der Waals surface area (Å²) < 4.78 is 13.0. The minimum atomic E-state index is -0.290. The fourth-order valence-electron chi connectivity index (χ4n) is 2.63. The average molecular weight is 264 g/mol. The van der Waals surface area contributed by atoms with Crippen LogP contribution in [0.25, 0.3) is 0 Å². The number of carbonyl (C=O) groups excluding carboxylic acids is 1. The van der Waals surface area contributed by atoms with Crippen molar-refractivity contribution < 1.29 is 9.18 Å². The number of nitrogens with one attached hydrogen (secondary N) is 1. The van der Waals surface area contributed by atoms with E-state index in [1.54, 1.807) is 12.1 Å². The Labute approximate surface area is 113 Å². The Balaban J connectivity index is 1.89. The van der Waals surface area contributed by atoms with Crippen LogP contribution < -0.4 is 5.32 Å². The smallest absolute Gasteiger partial charge is 0.242 e. The van der Waals surface area contributed by atoms with Crippen LogP contribution >= 0.6 is 0 Å². The van der Waals surface area contributed by atoms with Gasteiger partial charge in [-0.25, -0.2) is 4.39 Å². The highest BCUT2D eigenvalue weighted by Crippen LogP contribution is 2.19. The molecule has 0 saturated carbocycles. The van der Waals surface area contributed by atoms with Gasteiger partial charge in [-0.3, -0.25) is 4.79 Å². The van der Waals surface area contributed by atoms with E-state index in [4.69, 9.17) is 0 Å². The van der Waals surface area contributed by atoms with Crippen LogP contribution in [0, 0.1) is 5.82 Å². The second-order valence-electron chi connectivity index (χ2n) is 5.01. The number of hydrogen-bond acceptors (Lipinski definition) is 2. The van der Waals surface area contributed by atoms with Crippen LogP contribution in [-0.4, -0.2) is 29.9 Å². The van der Waals surface area contributed by atoms with E-state index < -0.39 is 0 Å². The summed E-state index contributed by atoms with van der Waals surface area (Å²) in [5.41, 5.74) is 0.651. The first-order valence-corrected chi connectivity index (χ1v) is 6.99. The Morgan fingerprint density at radius 1 is 1.47 bits per heavy atom. The Morgan fingerprint density at radius 2 is 2.32 bits per heavy atom. The maximum absolute atomic E-state index is 13.0. The van der Waals surface area contributed by atoms with Crippen molar-refractivity contribution in [2.24, 2.45) is 0 Å². The van der Waals surface area contributed by atoms with Gasteiger partial charge in [-0.05, 0) is 43.9 Å². The van der Waals surface area contributed by atoms with Crippen molar-refractivity contribution in [1.82, 2.24) is 4.90 Å². The molecule has 4 heteroatoms. The molecule has 0 aromatic heterocycles. The van der Waals surface area contributed by atoms with Crippen LogP contribution in [-0.2, 0) is 4.79 Å². The zero-order valence-electron chi connectivity index (χ0n) is 11.4. The Kier molecular flexibility index (Phi) is 4.77. The predicted molar refractivity (Wildman–Crippen MR) is 74.5 cm³/mol. The van der Waals surface area contributed by atoms with E-state index in [-0.39, 0.29) is 18.3 Å². The van der Waals surface area contributed by atoms with Crippen molar-refractivity contribution in [3.63, 3.8) is 0 Å².